The lowest BCUT2D eigenvalue weighted by Crippen LogP contribution is -2.32. The third-order valence-corrected chi connectivity index (χ3v) is 2.29. The molecule has 0 fully saturated rings. The van der Waals surface area contributed by atoms with E-state index >= 15 is 0 Å². The number of anilines is 1. The van der Waals surface area contributed by atoms with Gasteiger partial charge in [-0.3, -0.25) is 0 Å². The first-order valence-electron chi connectivity index (χ1n) is 5.19. The monoisotopic (exact) mass is 214 g/mol. The average molecular weight is 214 g/mol. The number of pyridine rings is 1. The van der Waals surface area contributed by atoms with E-state index in [9.17, 15) is 0 Å². The maximum absolute atomic E-state index is 8.97. The molecular weight excluding hydrogens is 200 g/mol. The largest absolute Gasteiger partial charge is 0.366 e. The molecule has 0 radical (unpaired) electrons. The highest BCUT2D eigenvalue weighted by Crippen LogP contribution is 2.20. The molecule has 0 saturated carbocycles. The molecule has 0 spiro atoms. The Morgan fingerprint density at radius 2 is 2.19 bits per heavy atom. The van der Waals surface area contributed by atoms with Crippen LogP contribution in [0.25, 0.3) is 0 Å². The van der Waals surface area contributed by atoms with E-state index in [4.69, 9.17) is 10.5 Å². The second-order valence-corrected chi connectivity index (χ2v) is 3.68. The molecule has 0 aromatic carbocycles. The molecule has 0 N–H and O–H groups in total. The van der Waals surface area contributed by atoms with Crippen molar-refractivity contribution in [3.8, 4) is 12.1 Å². The SMILES string of the molecule is CC(C)N(CCC#N)c1cccnc1C#N. The van der Waals surface area contributed by atoms with Crippen LogP contribution >= 0.6 is 0 Å². The van der Waals surface area contributed by atoms with Crippen LogP contribution in [0.4, 0.5) is 5.69 Å². The molecule has 0 aliphatic heterocycles. The predicted octanol–water partition coefficient (Wildman–Crippen LogP) is 2.08. The summed E-state index contributed by atoms with van der Waals surface area (Å²) in [6, 6.07) is 8.09. The Labute approximate surface area is 95.8 Å². The lowest BCUT2D eigenvalue weighted by molar-refractivity contribution is 0.684. The van der Waals surface area contributed by atoms with Crippen LogP contribution in [0.15, 0.2) is 18.3 Å². The fourth-order valence-electron chi connectivity index (χ4n) is 1.54. The fourth-order valence-corrected chi connectivity index (χ4v) is 1.54. The fraction of sp³-hybridized carbons (Fsp3) is 0.417. The molecule has 0 saturated heterocycles. The van der Waals surface area contributed by atoms with Crippen molar-refractivity contribution in [2.45, 2.75) is 26.3 Å². The van der Waals surface area contributed by atoms with Gasteiger partial charge in [0.05, 0.1) is 18.2 Å². The van der Waals surface area contributed by atoms with Gasteiger partial charge in [-0.2, -0.15) is 10.5 Å². The minimum atomic E-state index is 0.240. The van der Waals surface area contributed by atoms with Crippen molar-refractivity contribution >= 4 is 5.69 Å². The average Bonchev–Trinajstić information content (AvgIpc) is 2.29. The Balaban J connectivity index is 3.02. The highest BCUT2D eigenvalue weighted by molar-refractivity contribution is 5.56. The van der Waals surface area contributed by atoms with E-state index in [1.54, 1.807) is 12.3 Å². The summed E-state index contributed by atoms with van der Waals surface area (Å²) in [5.41, 5.74) is 1.21. The first-order chi connectivity index (χ1) is 7.70. The highest BCUT2D eigenvalue weighted by atomic mass is 15.2. The molecule has 1 aromatic heterocycles. The van der Waals surface area contributed by atoms with Gasteiger partial charge in [0.15, 0.2) is 5.69 Å². The predicted molar refractivity (Wildman–Crippen MR) is 61.7 cm³/mol. The van der Waals surface area contributed by atoms with Gasteiger partial charge in [-0.25, -0.2) is 4.98 Å². The Hall–Kier alpha value is -2.07. The first kappa shape index (κ1) is 12.0. The Morgan fingerprint density at radius 1 is 1.44 bits per heavy atom. The smallest absolute Gasteiger partial charge is 0.163 e. The van der Waals surface area contributed by atoms with Crippen molar-refractivity contribution in [3.63, 3.8) is 0 Å². The number of aromatic nitrogens is 1. The lowest BCUT2D eigenvalue weighted by Gasteiger charge is -2.28. The van der Waals surface area contributed by atoms with Crippen molar-refractivity contribution in [2.24, 2.45) is 0 Å². The second kappa shape index (κ2) is 5.72. The zero-order valence-electron chi connectivity index (χ0n) is 9.51. The molecule has 82 valence electrons. The third kappa shape index (κ3) is 2.71. The Morgan fingerprint density at radius 3 is 2.75 bits per heavy atom. The lowest BCUT2D eigenvalue weighted by atomic mass is 10.2. The summed E-state index contributed by atoms with van der Waals surface area (Å²) in [7, 11) is 0. The molecule has 16 heavy (non-hydrogen) atoms. The van der Waals surface area contributed by atoms with Gasteiger partial charge in [0, 0.05) is 18.8 Å². The molecule has 1 rings (SSSR count). The van der Waals surface area contributed by atoms with Crippen molar-refractivity contribution in [1.29, 1.82) is 10.5 Å². The number of nitrogens with zero attached hydrogens (tertiary/aromatic N) is 4. The van der Waals surface area contributed by atoms with Crippen LogP contribution in [-0.2, 0) is 0 Å². The van der Waals surface area contributed by atoms with E-state index in [-0.39, 0.29) is 6.04 Å². The van der Waals surface area contributed by atoms with Gasteiger partial charge in [0.1, 0.15) is 6.07 Å². The summed E-state index contributed by atoms with van der Waals surface area (Å²) in [4.78, 5) is 6.05. The summed E-state index contributed by atoms with van der Waals surface area (Å²) < 4.78 is 0. The van der Waals surface area contributed by atoms with E-state index in [0.29, 0.717) is 18.7 Å². The minimum Gasteiger partial charge on any atom is -0.366 e. The van der Waals surface area contributed by atoms with Crippen LogP contribution < -0.4 is 4.90 Å². The summed E-state index contributed by atoms with van der Waals surface area (Å²) >= 11 is 0. The van der Waals surface area contributed by atoms with Crippen LogP contribution in [0.1, 0.15) is 26.0 Å². The van der Waals surface area contributed by atoms with Crippen molar-refractivity contribution in [2.75, 3.05) is 11.4 Å². The minimum absolute atomic E-state index is 0.240. The molecule has 0 aliphatic rings. The van der Waals surface area contributed by atoms with E-state index < -0.39 is 0 Å². The molecule has 0 atom stereocenters. The molecule has 0 bridgehead atoms. The normalized spacial score (nSPS) is 9.56. The molecule has 0 unspecified atom stereocenters. The summed E-state index contributed by atoms with van der Waals surface area (Å²) in [5.74, 6) is 0. The van der Waals surface area contributed by atoms with Crippen molar-refractivity contribution < 1.29 is 0 Å². The van der Waals surface area contributed by atoms with E-state index in [1.807, 2.05) is 24.8 Å². The topological polar surface area (TPSA) is 63.7 Å². The van der Waals surface area contributed by atoms with Gasteiger partial charge in [0.2, 0.25) is 0 Å². The summed E-state index contributed by atoms with van der Waals surface area (Å²) in [5, 5.41) is 17.6. The molecule has 4 heteroatoms. The second-order valence-electron chi connectivity index (χ2n) is 3.68. The molecular formula is C12H14N4. The van der Waals surface area contributed by atoms with Gasteiger partial charge in [-0.1, -0.05) is 0 Å². The maximum Gasteiger partial charge on any atom is 0.163 e. The molecule has 4 nitrogen and oxygen atoms in total. The molecule has 1 heterocycles. The maximum atomic E-state index is 8.97. The van der Waals surface area contributed by atoms with Crippen LogP contribution in [-0.4, -0.2) is 17.6 Å². The third-order valence-electron chi connectivity index (χ3n) is 2.29. The van der Waals surface area contributed by atoms with Gasteiger partial charge in [-0.05, 0) is 26.0 Å². The van der Waals surface area contributed by atoms with Crippen LogP contribution in [0, 0.1) is 22.7 Å². The summed E-state index contributed by atoms with van der Waals surface area (Å²) in [6.45, 7) is 4.69. The molecule has 0 aliphatic carbocycles. The molecule has 0 amide bonds. The number of hydrogen-bond donors (Lipinski definition) is 0. The van der Waals surface area contributed by atoms with E-state index in [1.165, 1.54) is 0 Å². The van der Waals surface area contributed by atoms with E-state index in [2.05, 4.69) is 17.1 Å². The van der Waals surface area contributed by atoms with Crippen LogP contribution in [0.2, 0.25) is 0 Å². The zero-order chi connectivity index (χ0) is 12.0. The van der Waals surface area contributed by atoms with Gasteiger partial charge >= 0.3 is 0 Å². The van der Waals surface area contributed by atoms with Gasteiger partial charge < -0.3 is 4.90 Å². The summed E-state index contributed by atoms with van der Waals surface area (Å²) in [6.07, 6.45) is 2.04. The van der Waals surface area contributed by atoms with Crippen molar-refractivity contribution in [3.05, 3.63) is 24.0 Å². The quantitative estimate of drug-likeness (QED) is 0.769. The number of hydrogen-bond acceptors (Lipinski definition) is 4. The molecule has 1 aromatic rings. The van der Waals surface area contributed by atoms with E-state index in [0.717, 1.165) is 5.69 Å². The van der Waals surface area contributed by atoms with Gasteiger partial charge in [-0.15, -0.1) is 0 Å². The van der Waals surface area contributed by atoms with Crippen LogP contribution in [0.5, 0.6) is 0 Å². The van der Waals surface area contributed by atoms with Crippen LogP contribution in [0.3, 0.4) is 0 Å². The first-order valence-corrected chi connectivity index (χ1v) is 5.19. The standard InChI is InChI=1S/C12H14N4/c1-10(2)16(8-4-6-13)12-5-3-7-15-11(12)9-14/h3,5,7,10H,4,8H2,1-2H3. The number of rotatable bonds is 4. The zero-order valence-corrected chi connectivity index (χ0v) is 9.51. The Bertz CT molecular complexity index is 425. The van der Waals surface area contributed by atoms with Crippen molar-refractivity contribution in [1.82, 2.24) is 4.98 Å². The highest BCUT2D eigenvalue weighted by Gasteiger charge is 2.14. The number of nitriles is 2. The Kier molecular flexibility index (Phi) is 4.29. The van der Waals surface area contributed by atoms with Gasteiger partial charge in [0.25, 0.3) is 0 Å².